The van der Waals surface area contributed by atoms with Crippen LogP contribution in [-0.4, -0.2) is 48.9 Å². The Balaban J connectivity index is 1.48. The van der Waals surface area contributed by atoms with Crippen molar-refractivity contribution in [2.24, 2.45) is 0 Å². The van der Waals surface area contributed by atoms with Gasteiger partial charge in [0.15, 0.2) is 0 Å². The van der Waals surface area contributed by atoms with Gasteiger partial charge in [0.1, 0.15) is 0 Å². The van der Waals surface area contributed by atoms with Crippen LogP contribution in [-0.2, 0) is 9.59 Å². The number of carbonyl (C=O) groups excluding carboxylic acids is 2. The standard InChI is InChI=1S/C15H27N3O2/c19-14(17-13-7-8-13)6-5-9-16-12-15(20)18-10-3-1-2-4-11-18/h13,16H,1-12H2,(H,17,19). The summed E-state index contributed by atoms with van der Waals surface area (Å²) >= 11 is 0. The Morgan fingerprint density at radius 2 is 1.75 bits per heavy atom. The Kier molecular flexibility index (Phi) is 6.30. The molecule has 0 bridgehead atoms. The van der Waals surface area contributed by atoms with E-state index in [0.29, 0.717) is 19.0 Å². The van der Waals surface area contributed by atoms with Crippen molar-refractivity contribution >= 4 is 11.8 Å². The monoisotopic (exact) mass is 281 g/mol. The average molecular weight is 281 g/mol. The lowest BCUT2D eigenvalue weighted by atomic mass is 10.2. The van der Waals surface area contributed by atoms with E-state index in [2.05, 4.69) is 10.6 Å². The smallest absolute Gasteiger partial charge is 0.236 e. The molecule has 1 saturated heterocycles. The fourth-order valence-electron chi connectivity index (χ4n) is 2.53. The van der Waals surface area contributed by atoms with Gasteiger partial charge < -0.3 is 15.5 Å². The van der Waals surface area contributed by atoms with Crippen molar-refractivity contribution in [3.63, 3.8) is 0 Å². The molecule has 0 aromatic heterocycles. The summed E-state index contributed by atoms with van der Waals surface area (Å²) in [7, 11) is 0. The molecule has 0 aromatic rings. The van der Waals surface area contributed by atoms with Gasteiger partial charge in [-0.1, -0.05) is 12.8 Å². The van der Waals surface area contributed by atoms with Gasteiger partial charge in [-0.3, -0.25) is 9.59 Å². The molecule has 2 aliphatic rings. The molecular formula is C15H27N3O2. The van der Waals surface area contributed by atoms with Crippen molar-refractivity contribution in [2.75, 3.05) is 26.2 Å². The Labute approximate surface area is 121 Å². The first-order valence-electron chi connectivity index (χ1n) is 8.03. The number of carbonyl (C=O) groups is 2. The molecule has 2 N–H and O–H groups in total. The predicted octanol–water partition coefficient (Wildman–Crippen LogP) is 1.04. The minimum atomic E-state index is 0.146. The molecule has 2 fully saturated rings. The summed E-state index contributed by atoms with van der Waals surface area (Å²) in [5.41, 5.74) is 0. The van der Waals surface area contributed by atoms with Crippen LogP contribution in [0.5, 0.6) is 0 Å². The van der Waals surface area contributed by atoms with E-state index in [0.717, 1.165) is 51.7 Å². The lowest BCUT2D eigenvalue weighted by Gasteiger charge is -2.20. The minimum Gasteiger partial charge on any atom is -0.353 e. The highest BCUT2D eigenvalue weighted by molar-refractivity contribution is 5.78. The molecule has 0 atom stereocenters. The normalized spacial score (nSPS) is 19.5. The third-order valence-corrected chi connectivity index (χ3v) is 3.93. The van der Waals surface area contributed by atoms with Crippen molar-refractivity contribution < 1.29 is 9.59 Å². The summed E-state index contributed by atoms with van der Waals surface area (Å²) in [6.07, 6.45) is 8.37. The largest absolute Gasteiger partial charge is 0.353 e. The lowest BCUT2D eigenvalue weighted by Crippen LogP contribution is -2.39. The zero-order chi connectivity index (χ0) is 14.2. The zero-order valence-corrected chi connectivity index (χ0v) is 12.3. The number of nitrogens with zero attached hydrogens (tertiary/aromatic N) is 1. The number of rotatable bonds is 7. The highest BCUT2D eigenvalue weighted by atomic mass is 16.2. The van der Waals surface area contributed by atoms with Gasteiger partial charge in [-0.25, -0.2) is 0 Å². The van der Waals surface area contributed by atoms with Crippen LogP contribution in [0.2, 0.25) is 0 Å². The number of hydrogen-bond donors (Lipinski definition) is 2. The van der Waals surface area contributed by atoms with Crippen LogP contribution in [0, 0.1) is 0 Å². The second kappa shape index (κ2) is 8.25. The maximum absolute atomic E-state index is 12.0. The quantitative estimate of drug-likeness (QED) is 0.685. The van der Waals surface area contributed by atoms with E-state index in [4.69, 9.17) is 0 Å². The summed E-state index contributed by atoms with van der Waals surface area (Å²) in [4.78, 5) is 25.4. The van der Waals surface area contributed by atoms with Crippen LogP contribution in [0.4, 0.5) is 0 Å². The van der Waals surface area contributed by atoms with Gasteiger partial charge in [0, 0.05) is 25.6 Å². The fraction of sp³-hybridized carbons (Fsp3) is 0.867. The van der Waals surface area contributed by atoms with Crippen molar-refractivity contribution in [1.82, 2.24) is 15.5 Å². The Morgan fingerprint density at radius 3 is 2.40 bits per heavy atom. The van der Waals surface area contributed by atoms with Crippen molar-refractivity contribution in [1.29, 1.82) is 0 Å². The van der Waals surface area contributed by atoms with Gasteiger partial charge in [0.25, 0.3) is 0 Å². The Morgan fingerprint density at radius 1 is 1.05 bits per heavy atom. The molecule has 0 unspecified atom stereocenters. The van der Waals surface area contributed by atoms with E-state index in [1.54, 1.807) is 0 Å². The number of hydrogen-bond acceptors (Lipinski definition) is 3. The van der Waals surface area contributed by atoms with Crippen LogP contribution in [0.3, 0.4) is 0 Å². The summed E-state index contributed by atoms with van der Waals surface area (Å²) in [6, 6.07) is 0.445. The van der Waals surface area contributed by atoms with E-state index in [1.807, 2.05) is 4.90 Å². The molecule has 1 saturated carbocycles. The molecule has 0 radical (unpaired) electrons. The minimum absolute atomic E-state index is 0.146. The molecule has 1 heterocycles. The van der Waals surface area contributed by atoms with E-state index >= 15 is 0 Å². The van der Waals surface area contributed by atoms with E-state index in [1.165, 1.54) is 12.8 Å². The SMILES string of the molecule is O=C(CCCNCC(=O)N1CCCCCC1)NC1CC1. The van der Waals surface area contributed by atoms with Gasteiger partial charge in [-0.15, -0.1) is 0 Å². The van der Waals surface area contributed by atoms with Gasteiger partial charge in [0.2, 0.25) is 11.8 Å². The topological polar surface area (TPSA) is 61.4 Å². The van der Waals surface area contributed by atoms with Gasteiger partial charge in [-0.2, -0.15) is 0 Å². The molecule has 114 valence electrons. The fourth-order valence-corrected chi connectivity index (χ4v) is 2.53. The molecule has 5 nitrogen and oxygen atoms in total. The number of amides is 2. The third-order valence-electron chi connectivity index (χ3n) is 3.93. The second-order valence-electron chi connectivity index (χ2n) is 5.92. The lowest BCUT2D eigenvalue weighted by molar-refractivity contribution is -0.130. The van der Waals surface area contributed by atoms with Crippen LogP contribution in [0.15, 0.2) is 0 Å². The van der Waals surface area contributed by atoms with Crippen molar-refractivity contribution in [3.8, 4) is 0 Å². The summed E-state index contributed by atoms with van der Waals surface area (Å²) < 4.78 is 0. The van der Waals surface area contributed by atoms with E-state index in [-0.39, 0.29) is 11.8 Å². The molecule has 1 aliphatic heterocycles. The van der Waals surface area contributed by atoms with Gasteiger partial charge in [-0.05, 0) is 38.6 Å². The highest BCUT2D eigenvalue weighted by Crippen LogP contribution is 2.18. The first-order chi connectivity index (χ1) is 9.75. The van der Waals surface area contributed by atoms with Crippen molar-refractivity contribution in [2.45, 2.75) is 57.4 Å². The number of nitrogens with one attached hydrogen (secondary N) is 2. The molecule has 1 aliphatic carbocycles. The Hall–Kier alpha value is -1.10. The average Bonchev–Trinajstić information content (AvgIpc) is 3.24. The van der Waals surface area contributed by atoms with Gasteiger partial charge >= 0.3 is 0 Å². The molecule has 0 spiro atoms. The molecule has 0 aromatic carbocycles. The predicted molar refractivity (Wildman–Crippen MR) is 78.3 cm³/mol. The van der Waals surface area contributed by atoms with Crippen LogP contribution < -0.4 is 10.6 Å². The summed E-state index contributed by atoms with van der Waals surface area (Å²) in [6.45, 7) is 2.95. The first-order valence-corrected chi connectivity index (χ1v) is 8.03. The van der Waals surface area contributed by atoms with E-state index in [9.17, 15) is 9.59 Å². The molecule has 2 rings (SSSR count). The first kappa shape index (κ1) is 15.3. The molecule has 20 heavy (non-hydrogen) atoms. The van der Waals surface area contributed by atoms with Gasteiger partial charge in [0.05, 0.1) is 6.54 Å². The summed E-state index contributed by atoms with van der Waals surface area (Å²) in [5.74, 6) is 0.350. The number of likely N-dealkylation sites (tertiary alicyclic amines) is 1. The second-order valence-corrected chi connectivity index (χ2v) is 5.92. The molecular weight excluding hydrogens is 254 g/mol. The highest BCUT2D eigenvalue weighted by Gasteiger charge is 2.22. The molecule has 2 amide bonds. The summed E-state index contributed by atoms with van der Waals surface area (Å²) in [5, 5.41) is 6.13. The van der Waals surface area contributed by atoms with Crippen LogP contribution in [0.25, 0.3) is 0 Å². The zero-order valence-electron chi connectivity index (χ0n) is 12.3. The van der Waals surface area contributed by atoms with E-state index < -0.39 is 0 Å². The molecule has 5 heteroatoms. The maximum atomic E-state index is 12.0. The van der Waals surface area contributed by atoms with Crippen molar-refractivity contribution in [3.05, 3.63) is 0 Å². The van der Waals surface area contributed by atoms with Crippen LogP contribution >= 0.6 is 0 Å². The Bertz CT molecular complexity index is 321. The van der Waals surface area contributed by atoms with Crippen LogP contribution in [0.1, 0.15) is 51.4 Å². The third kappa shape index (κ3) is 5.90. The maximum Gasteiger partial charge on any atom is 0.236 e.